The molecule has 66 valence electrons. The maximum atomic E-state index is 11.2. The van der Waals surface area contributed by atoms with Crippen molar-refractivity contribution in [2.45, 2.75) is 6.92 Å². The topological polar surface area (TPSA) is 81.2 Å². The quantitative estimate of drug-likeness (QED) is 0.649. The molecule has 0 unspecified atom stereocenters. The molecule has 0 aromatic carbocycles. The van der Waals surface area contributed by atoms with Crippen LogP contribution in [0.1, 0.15) is 16.1 Å². The van der Waals surface area contributed by atoms with Crippen LogP contribution >= 0.6 is 0 Å². The van der Waals surface area contributed by atoms with E-state index < -0.39 is 0 Å². The predicted molar refractivity (Wildman–Crippen MR) is 42.6 cm³/mol. The lowest BCUT2D eigenvalue weighted by Crippen LogP contribution is -2.29. The monoisotopic (exact) mass is 169 g/mol. The van der Waals surface area contributed by atoms with E-state index in [0.29, 0.717) is 13.1 Å². The maximum absolute atomic E-state index is 11.2. The van der Waals surface area contributed by atoms with E-state index in [1.54, 1.807) is 6.92 Å². The average Bonchev–Trinajstić information content (AvgIpc) is 2.47. The Balaban J connectivity index is 2.59. The number of aromatic nitrogens is 1. The summed E-state index contributed by atoms with van der Waals surface area (Å²) in [5.41, 5.74) is 5.93. The van der Waals surface area contributed by atoms with Crippen LogP contribution in [0.4, 0.5) is 0 Å². The second kappa shape index (κ2) is 3.87. The Morgan fingerprint density at radius 1 is 1.83 bits per heavy atom. The third-order valence-electron chi connectivity index (χ3n) is 1.38. The summed E-state index contributed by atoms with van der Waals surface area (Å²) < 4.78 is 4.72. The Bertz CT molecular complexity index is 269. The number of nitrogens with zero attached hydrogens (tertiary/aromatic N) is 1. The van der Waals surface area contributed by atoms with Crippen LogP contribution < -0.4 is 11.1 Å². The van der Waals surface area contributed by atoms with Gasteiger partial charge in [0.25, 0.3) is 5.91 Å². The van der Waals surface area contributed by atoms with Crippen molar-refractivity contribution in [1.82, 2.24) is 10.5 Å². The summed E-state index contributed by atoms with van der Waals surface area (Å²) in [7, 11) is 0. The van der Waals surface area contributed by atoms with Gasteiger partial charge in [-0.3, -0.25) is 4.79 Å². The van der Waals surface area contributed by atoms with Gasteiger partial charge in [-0.2, -0.15) is 0 Å². The molecule has 0 atom stereocenters. The molecule has 0 saturated carbocycles. The highest BCUT2D eigenvalue weighted by molar-refractivity contribution is 5.92. The van der Waals surface area contributed by atoms with Crippen LogP contribution in [-0.4, -0.2) is 24.2 Å². The first kappa shape index (κ1) is 8.73. The van der Waals surface area contributed by atoms with Gasteiger partial charge in [0.2, 0.25) is 5.76 Å². The van der Waals surface area contributed by atoms with Crippen molar-refractivity contribution in [2.75, 3.05) is 13.1 Å². The summed E-state index contributed by atoms with van der Waals surface area (Å²) in [6, 6.07) is 0. The number of carbonyl (C=O) groups excluding carboxylic acids is 1. The summed E-state index contributed by atoms with van der Waals surface area (Å²) >= 11 is 0. The van der Waals surface area contributed by atoms with Crippen LogP contribution in [0, 0.1) is 6.92 Å². The fourth-order valence-corrected chi connectivity index (χ4v) is 0.775. The Kier molecular flexibility index (Phi) is 2.82. The number of amides is 1. The fraction of sp³-hybridized carbons (Fsp3) is 0.429. The van der Waals surface area contributed by atoms with Crippen LogP contribution in [0.2, 0.25) is 0 Å². The molecule has 0 aliphatic heterocycles. The minimum atomic E-state index is -0.268. The maximum Gasteiger partial charge on any atom is 0.290 e. The molecule has 0 aliphatic carbocycles. The SMILES string of the molecule is Cc1cnoc1C(=O)NCCN. The molecule has 3 N–H and O–H groups in total. The lowest BCUT2D eigenvalue weighted by molar-refractivity contribution is 0.0917. The lowest BCUT2D eigenvalue weighted by Gasteiger charge is -1.98. The standard InChI is InChI=1S/C7H11N3O2/c1-5-4-10-12-6(5)7(11)9-3-2-8/h4H,2-3,8H2,1H3,(H,9,11). The summed E-state index contributed by atoms with van der Waals surface area (Å²) in [6.45, 7) is 2.62. The second-order valence-corrected chi connectivity index (χ2v) is 2.38. The Morgan fingerprint density at radius 3 is 3.08 bits per heavy atom. The van der Waals surface area contributed by atoms with Crippen LogP contribution in [0.5, 0.6) is 0 Å². The molecule has 0 saturated heterocycles. The first-order chi connectivity index (χ1) is 5.75. The van der Waals surface area contributed by atoms with Gasteiger partial charge in [-0.15, -0.1) is 0 Å². The molecule has 1 amide bonds. The number of rotatable bonds is 3. The zero-order chi connectivity index (χ0) is 8.97. The highest BCUT2D eigenvalue weighted by Crippen LogP contribution is 2.04. The van der Waals surface area contributed by atoms with E-state index >= 15 is 0 Å². The third kappa shape index (κ3) is 1.82. The van der Waals surface area contributed by atoms with Gasteiger partial charge in [-0.25, -0.2) is 0 Å². The smallest absolute Gasteiger partial charge is 0.290 e. The largest absolute Gasteiger partial charge is 0.351 e. The van der Waals surface area contributed by atoms with E-state index in [9.17, 15) is 4.79 Å². The van der Waals surface area contributed by atoms with Crippen LogP contribution in [0.15, 0.2) is 10.7 Å². The molecule has 1 aromatic rings. The van der Waals surface area contributed by atoms with E-state index in [0.717, 1.165) is 5.56 Å². The summed E-state index contributed by atoms with van der Waals surface area (Å²) in [5.74, 6) is -0.0149. The summed E-state index contributed by atoms with van der Waals surface area (Å²) in [4.78, 5) is 11.2. The highest BCUT2D eigenvalue weighted by Gasteiger charge is 2.12. The van der Waals surface area contributed by atoms with Crippen LogP contribution in [0.3, 0.4) is 0 Å². The Hall–Kier alpha value is -1.36. The molecule has 0 spiro atoms. The average molecular weight is 169 g/mol. The van der Waals surface area contributed by atoms with Gasteiger partial charge in [-0.05, 0) is 6.92 Å². The van der Waals surface area contributed by atoms with Gasteiger partial charge in [0, 0.05) is 18.7 Å². The third-order valence-corrected chi connectivity index (χ3v) is 1.38. The number of hydrogen-bond donors (Lipinski definition) is 2. The van der Waals surface area contributed by atoms with Crippen molar-refractivity contribution in [2.24, 2.45) is 5.73 Å². The van der Waals surface area contributed by atoms with E-state index in [2.05, 4.69) is 10.5 Å². The molecular weight excluding hydrogens is 158 g/mol. The van der Waals surface area contributed by atoms with E-state index in [1.165, 1.54) is 6.20 Å². The second-order valence-electron chi connectivity index (χ2n) is 2.38. The van der Waals surface area contributed by atoms with Gasteiger partial charge in [0.15, 0.2) is 0 Å². The van der Waals surface area contributed by atoms with E-state index in [4.69, 9.17) is 10.3 Å². The van der Waals surface area contributed by atoms with Crippen molar-refractivity contribution >= 4 is 5.91 Å². The lowest BCUT2D eigenvalue weighted by atomic mass is 10.3. The molecule has 5 heteroatoms. The summed E-state index contributed by atoms with van der Waals surface area (Å²) in [6.07, 6.45) is 1.50. The van der Waals surface area contributed by atoms with Crippen LogP contribution in [0.25, 0.3) is 0 Å². The minimum absolute atomic E-state index is 0.253. The zero-order valence-corrected chi connectivity index (χ0v) is 6.83. The molecule has 0 aliphatic rings. The highest BCUT2D eigenvalue weighted by atomic mass is 16.5. The summed E-state index contributed by atoms with van der Waals surface area (Å²) in [5, 5.41) is 6.06. The molecule has 0 bridgehead atoms. The Labute approximate surface area is 69.9 Å². The predicted octanol–water partition coefficient (Wildman–Crippen LogP) is -0.328. The molecular formula is C7H11N3O2. The van der Waals surface area contributed by atoms with Gasteiger partial charge in [0.05, 0.1) is 6.20 Å². The van der Waals surface area contributed by atoms with Gasteiger partial charge in [-0.1, -0.05) is 5.16 Å². The number of nitrogens with one attached hydrogen (secondary N) is 1. The van der Waals surface area contributed by atoms with Crippen molar-refractivity contribution in [3.8, 4) is 0 Å². The number of hydrogen-bond acceptors (Lipinski definition) is 4. The van der Waals surface area contributed by atoms with E-state index in [1.807, 2.05) is 0 Å². The van der Waals surface area contributed by atoms with Gasteiger partial charge >= 0.3 is 0 Å². The van der Waals surface area contributed by atoms with Crippen molar-refractivity contribution in [1.29, 1.82) is 0 Å². The fourth-order valence-electron chi connectivity index (χ4n) is 0.775. The molecule has 1 rings (SSSR count). The van der Waals surface area contributed by atoms with Crippen molar-refractivity contribution < 1.29 is 9.32 Å². The first-order valence-corrected chi connectivity index (χ1v) is 3.65. The molecule has 1 aromatic heterocycles. The molecule has 12 heavy (non-hydrogen) atoms. The number of carbonyl (C=O) groups is 1. The van der Waals surface area contributed by atoms with Gasteiger partial charge in [0.1, 0.15) is 0 Å². The minimum Gasteiger partial charge on any atom is -0.351 e. The molecule has 5 nitrogen and oxygen atoms in total. The first-order valence-electron chi connectivity index (χ1n) is 3.65. The Morgan fingerprint density at radius 2 is 2.58 bits per heavy atom. The van der Waals surface area contributed by atoms with Crippen molar-refractivity contribution in [3.63, 3.8) is 0 Å². The molecule has 0 fully saturated rings. The normalized spacial score (nSPS) is 9.83. The van der Waals surface area contributed by atoms with E-state index in [-0.39, 0.29) is 11.7 Å². The number of aryl methyl sites for hydroxylation is 1. The van der Waals surface area contributed by atoms with Gasteiger partial charge < -0.3 is 15.6 Å². The number of nitrogens with two attached hydrogens (primary N) is 1. The zero-order valence-electron chi connectivity index (χ0n) is 6.83. The molecule has 1 heterocycles. The van der Waals surface area contributed by atoms with Crippen molar-refractivity contribution in [3.05, 3.63) is 17.5 Å². The molecule has 0 radical (unpaired) electrons. The van der Waals surface area contributed by atoms with Crippen LogP contribution in [-0.2, 0) is 0 Å².